The van der Waals surface area contributed by atoms with Crippen LogP contribution in [0.3, 0.4) is 0 Å². The summed E-state index contributed by atoms with van der Waals surface area (Å²) in [7, 11) is -4.53. The highest BCUT2D eigenvalue weighted by Gasteiger charge is 2.29. The number of nitrogens with two attached hydrogens (primary N) is 1. The van der Waals surface area contributed by atoms with Crippen molar-refractivity contribution < 1.29 is 18.8 Å². The van der Waals surface area contributed by atoms with E-state index in [4.69, 9.17) is 20.5 Å². The Balaban J connectivity index is 2.25. The van der Waals surface area contributed by atoms with E-state index in [0.29, 0.717) is 23.8 Å². The number of imidazole rings is 1. The van der Waals surface area contributed by atoms with Crippen LogP contribution in [-0.2, 0) is 17.5 Å². The van der Waals surface area contributed by atoms with Gasteiger partial charge >= 0.3 is 7.60 Å². The molecule has 1 atom stereocenters. The van der Waals surface area contributed by atoms with Gasteiger partial charge in [0.05, 0.1) is 23.1 Å². The van der Waals surface area contributed by atoms with Gasteiger partial charge in [-0.2, -0.15) is 0 Å². The lowest BCUT2D eigenvalue weighted by atomic mass is 10.0. The summed E-state index contributed by atoms with van der Waals surface area (Å²) in [6, 6.07) is 6.96. The van der Waals surface area contributed by atoms with Crippen molar-refractivity contribution in [3.8, 4) is 11.6 Å². The molecule has 156 valence electrons. The summed E-state index contributed by atoms with van der Waals surface area (Å²) in [5.41, 5.74) is 7.90. The Morgan fingerprint density at radius 3 is 2.72 bits per heavy atom. The largest absolute Gasteiger partial charge is 0.460 e. The van der Waals surface area contributed by atoms with Gasteiger partial charge in [-0.25, -0.2) is 4.98 Å². The molecule has 0 saturated heterocycles. The first-order valence-electron chi connectivity index (χ1n) is 9.71. The van der Waals surface area contributed by atoms with Crippen molar-refractivity contribution in [2.24, 2.45) is 11.7 Å². The number of rotatable bonds is 9. The normalized spacial score (nSPS) is 13.1. The van der Waals surface area contributed by atoms with E-state index in [9.17, 15) is 14.4 Å². The average molecular weight is 418 g/mol. The van der Waals surface area contributed by atoms with Crippen molar-refractivity contribution in [2.45, 2.75) is 46.1 Å². The lowest BCUT2D eigenvalue weighted by Gasteiger charge is -2.17. The number of fused-ring (bicyclic) bond motifs is 1. The van der Waals surface area contributed by atoms with Crippen molar-refractivity contribution >= 4 is 29.8 Å². The van der Waals surface area contributed by atoms with Crippen LogP contribution in [0.25, 0.3) is 22.6 Å². The molecule has 0 radical (unpaired) electrons. The van der Waals surface area contributed by atoms with E-state index >= 15 is 0 Å². The van der Waals surface area contributed by atoms with Gasteiger partial charge in [0.2, 0.25) is 0 Å². The molecule has 0 spiro atoms. The number of aromatic nitrogens is 2. The fraction of sp³-hybridized carbons (Fsp3) is 0.400. The van der Waals surface area contributed by atoms with Crippen LogP contribution >= 0.6 is 7.60 Å². The number of hydrogen-bond donors (Lipinski definition) is 4. The average Bonchev–Trinajstić information content (AvgIpc) is 3.26. The molecule has 0 bridgehead atoms. The van der Waals surface area contributed by atoms with Crippen molar-refractivity contribution in [2.75, 3.05) is 0 Å². The molecule has 0 amide bonds. The molecule has 5 N–H and O–H groups in total. The summed E-state index contributed by atoms with van der Waals surface area (Å²) in [5.74, 6) is 0.879. The van der Waals surface area contributed by atoms with Crippen molar-refractivity contribution in [1.82, 2.24) is 9.55 Å². The summed E-state index contributed by atoms with van der Waals surface area (Å²) < 4.78 is 19.4. The van der Waals surface area contributed by atoms with E-state index in [0.717, 1.165) is 30.3 Å². The molecule has 0 aliphatic rings. The topological polar surface area (TPSA) is 138 Å². The van der Waals surface area contributed by atoms with Crippen LogP contribution in [0.5, 0.6) is 0 Å². The molecule has 1 aromatic carbocycles. The highest BCUT2D eigenvalue weighted by Crippen LogP contribution is 2.39. The van der Waals surface area contributed by atoms with Crippen LogP contribution in [0.4, 0.5) is 0 Å². The SMILES string of the molecule is CCCC(CC)Cn1c(-c2occc2P(=O)(O)O)nc2c(CC(=N)N)cccc21. The summed E-state index contributed by atoms with van der Waals surface area (Å²) >= 11 is 0. The highest BCUT2D eigenvalue weighted by molar-refractivity contribution is 7.60. The number of benzene rings is 1. The number of hydrogen-bond acceptors (Lipinski definition) is 4. The minimum atomic E-state index is -4.53. The number of amidine groups is 1. The van der Waals surface area contributed by atoms with E-state index < -0.39 is 7.60 Å². The Kier molecular flexibility index (Phi) is 6.27. The lowest BCUT2D eigenvalue weighted by Crippen LogP contribution is -2.14. The van der Waals surface area contributed by atoms with Gasteiger partial charge in [-0.05, 0) is 30.0 Å². The Morgan fingerprint density at radius 1 is 1.34 bits per heavy atom. The van der Waals surface area contributed by atoms with Crippen LogP contribution < -0.4 is 11.0 Å². The second kappa shape index (κ2) is 8.53. The summed E-state index contributed by atoms with van der Waals surface area (Å²) in [5, 5.41) is 7.47. The molecular weight excluding hydrogens is 391 g/mol. The zero-order chi connectivity index (χ0) is 21.2. The van der Waals surface area contributed by atoms with Crippen LogP contribution in [0.2, 0.25) is 0 Å². The number of nitrogens with one attached hydrogen (secondary N) is 1. The van der Waals surface area contributed by atoms with Crippen molar-refractivity contribution in [3.05, 3.63) is 36.1 Å². The van der Waals surface area contributed by atoms with Gasteiger partial charge in [0, 0.05) is 13.0 Å². The second-order valence-corrected chi connectivity index (χ2v) is 8.84. The van der Waals surface area contributed by atoms with E-state index in [1.165, 1.54) is 12.3 Å². The third-order valence-electron chi connectivity index (χ3n) is 5.12. The van der Waals surface area contributed by atoms with Gasteiger partial charge in [0.1, 0.15) is 5.30 Å². The fourth-order valence-electron chi connectivity index (χ4n) is 3.70. The van der Waals surface area contributed by atoms with E-state index in [2.05, 4.69) is 13.8 Å². The smallest absolute Gasteiger partial charge is 0.360 e. The van der Waals surface area contributed by atoms with Gasteiger partial charge in [-0.15, -0.1) is 0 Å². The second-order valence-electron chi connectivity index (χ2n) is 7.27. The molecule has 0 fully saturated rings. The molecule has 0 aliphatic heterocycles. The minimum Gasteiger partial charge on any atom is -0.460 e. The fourth-order valence-corrected chi connectivity index (χ4v) is 4.37. The molecule has 0 aliphatic carbocycles. The summed E-state index contributed by atoms with van der Waals surface area (Å²) in [6.45, 7) is 4.92. The van der Waals surface area contributed by atoms with Crippen LogP contribution in [-0.4, -0.2) is 25.2 Å². The number of furan rings is 1. The molecular formula is C20H27N4O4P. The van der Waals surface area contributed by atoms with Crippen LogP contribution in [0, 0.1) is 11.3 Å². The number of nitrogens with zero attached hydrogens (tertiary/aromatic N) is 2. The molecule has 29 heavy (non-hydrogen) atoms. The molecule has 2 heterocycles. The maximum Gasteiger partial charge on any atom is 0.360 e. The standard InChI is InChI=1S/C20H27N4O4P/c1-3-6-13(4-2)12-24-15-8-5-7-14(11-17(21)22)18(15)23-20(24)19-16(9-10-28-19)29(25,26)27/h5,7-10,13H,3-4,6,11-12H2,1-2H3,(H3,21,22)(H2,25,26,27). The molecule has 9 heteroatoms. The molecule has 0 saturated carbocycles. The first kappa shape index (κ1) is 21.3. The Hall–Kier alpha value is -2.41. The van der Waals surface area contributed by atoms with E-state index in [-0.39, 0.29) is 23.3 Å². The predicted molar refractivity (Wildman–Crippen MR) is 113 cm³/mol. The first-order chi connectivity index (χ1) is 13.8. The quantitative estimate of drug-likeness (QED) is 0.239. The zero-order valence-electron chi connectivity index (χ0n) is 16.6. The maximum atomic E-state index is 12.0. The minimum absolute atomic E-state index is 0.0277. The molecule has 1 unspecified atom stereocenters. The Bertz CT molecular complexity index is 1070. The highest BCUT2D eigenvalue weighted by atomic mass is 31.2. The summed E-state index contributed by atoms with van der Waals surface area (Å²) in [6.07, 6.45) is 4.58. The van der Waals surface area contributed by atoms with E-state index in [1.807, 2.05) is 22.8 Å². The van der Waals surface area contributed by atoms with Gasteiger partial charge < -0.3 is 24.5 Å². The van der Waals surface area contributed by atoms with Gasteiger partial charge in [0.15, 0.2) is 11.6 Å². The molecule has 3 rings (SSSR count). The van der Waals surface area contributed by atoms with Crippen LogP contribution in [0.1, 0.15) is 38.7 Å². The Morgan fingerprint density at radius 2 is 2.10 bits per heavy atom. The lowest BCUT2D eigenvalue weighted by molar-refractivity contribution is 0.387. The van der Waals surface area contributed by atoms with Crippen LogP contribution in [0.15, 0.2) is 34.9 Å². The first-order valence-corrected chi connectivity index (χ1v) is 11.3. The zero-order valence-corrected chi connectivity index (χ0v) is 17.5. The predicted octanol–water partition coefficient (Wildman–Crippen LogP) is 3.40. The van der Waals surface area contributed by atoms with Gasteiger partial charge in [0.25, 0.3) is 0 Å². The van der Waals surface area contributed by atoms with Crippen molar-refractivity contribution in [3.63, 3.8) is 0 Å². The molecule has 3 aromatic rings. The molecule has 8 nitrogen and oxygen atoms in total. The number of para-hydroxylation sites is 1. The van der Waals surface area contributed by atoms with Crippen molar-refractivity contribution in [1.29, 1.82) is 5.41 Å². The van der Waals surface area contributed by atoms with E-state index in [1.54, 1.807) is 0 Å². The monoisotopic (exact) mass is 418 g/mol. The van der Waals surface area contributed by atoms with Gasteiger partial charge in [-0.1, -0.05) is 38.8 Å². The summed E-state index contributed by atoms with van der Waals surface area (Å²) in [4.78, 5) is 24.2. The maximum absolute atomic E-state index is 12.0. The third kappa shape index (κ3) is 4.45. The van der Waals surface area contributed by atoms with Gasteiger partial charge in [-0.3, -0.25) is 9.97 Å². The Labute approximate surface area is 169 Å². The molecule has 2 aromatic heterocycles. The third-order valence-corrected chi connectivity index (χ3v) is 6.10.